The summed E-state index contributed by atoms with van der Waals surface area (Å²) in [5.41, 5.74) is 4.39. The number of rotatable bonds is 7. The van der Waals surface area contributed by atoms with Gasteiger partial charge < -0.3 is 4.90 Å². The average molecular weight is 379 g/mol. The molecule has 0 aliphatic carbocycles. The van der Waals surface area contributed by atoms with Gasteiger partial charge in [-0.15, -0.1) is 0 Å². The van der Waals surface area contributed by atoms with E-state index in [1.54, 1.807) is 11.0 Å². The van der Waals surface area contributed by atoms with Gasteiger partial charge >= 0.3 is 0 Å². The number of carbonyl (C=O) groups excluding carboxylic acids is 1. The largest absolute Gasteiger partial charge is 0.342 e. The van der Waals surface area contributed by atoms with Crippen LogP contribution in [0, 0.1) is 5.82 Å². The van der Waals surface area contributed by atoms with E-state index in [4.69, 9.17) is 0 Å². The lowest BCUT2D eigenvalue weighted by atomic mass is 10.0. The minimum absolute atomic E-state index is 0.0281. The Morgan fingerprint density at radius 1 is 1.14 bits per heavy atom. The third kappa shape index (κ3) is 4.85. The number of aromatic nitrogens is 2. The van der Waals surface area contributed by atoms with Gasteiger partial charge in [0.15, 0.2) is 0 Å². The van der Waals surface area contributed by atoms with Crippen molar-refractivity contribution in [2.75, 3.05) is 13.6 Å². The summed E-state index contributed by atoms with van der Waals surface area (Å²) in [6.45, 7) is 4.93. The summed E-state index contributed by atoms with van der Waals surface area (Å²) < 4.78 is 13.4. The van der Waals surface area contributed by atoms with Gasteiger partial charge in [-0.05, 0) is 54.7 Å². The number of nitrogens with zero attached hydrogens (tertiary/aromatic N) is 2. The lowest BCUT2D eigenvalue weighted by Gasteiger charge is -2.17. The van der Waals surface area contributed by atoms with Gasteiger partial charge in [0.05, 0.1) is 5.69 Å². The van der Waals surface area contributed by atoms with Crippen LogP contribution in [0.5, 0.6) is 0 Å². The Balaban J connectivity index is 1.52. The van der Waals surface area contributed by atoms with Crippen molar-refractivity contribution < 1.29 is 9.18 Å². The third-order valence-corrected chi connectivity index (χ3v) is 4.86. The third-order valence-electron chi connectivity index (χ3n) is 4.86. The number of H-pyrrole nitrogens is 1. The fraction of sp³-hybridized carbons (Fsp3) is 0.304. The number of aryl methyl sites for hydroxylation is 1. The van der Waals surface area contributed by atoms with E-state index in [1.807, 2.05) is 43.4 Å². The Morgan fingerprint density at radius 2 is 1.89 bits per heavy atom. The highest BCUT2D eigenvalue weighted by atomic mass is 19.1. The Kier molecular flexibility index (Phi) is 6.24. The Morgan fingerprint density at radius 3 is 2.57 bits per heavy atom. The van der Waals surface area contributed by atoms with Gasteiger partial charge in [-0.1, -0.05) is 38.1 Å². The first kappa shape index (κ1) is 19.8. The van der Waals surface area contributed by atoms with E-state index in [2.05, 4.69) is 24.0 Å². The van der Waals surface area contributed by atoms with E-state index in [0.717, 1.165) is 29.8 Å². The molecule has 28 heavy (non-hydrogen) atoms. The van der Waals surface area contributed by atoms with E-state index in [1.165, 1.54) is 17.7 Å². The van der Waals surface area contributed by atoms with Gasteiger partial charge in [0.2, 0.25) is 0 Å². The van der Waals surface area contributed by atoms with E-state index in [0.29, 0.717) is 18.0 Å². The number of benzene rings is 2. The molecule has 0 spiro atoms. The van der Waals surface area contributed by atoms with Gasteiger partial charge in [-0.25, -0.2) is 4.39 Å². The molecule has 0 aliphatic heterocycles. The van der Waals surface area contributed by atoms with Crippen LogP contribution in [0.4, 0.5) is 4.39 Å². The molecule has 146 valence electrons. The maximum Gasteiger partial charge on any atom is 0.253 e. The molecule has 0 radical (unpaired) electrons. The van der Waals surface area contributed by atoms with Crippen molar-refractivity contribution in [3.05, 3.63) is 77.2 Å². The fourth-order valence-corrected chi connectivity index (χ4v) is 3.12. The smallest absolute Gasteiger partial charge is 0.253 e. The number of halogens is 1. The number of hydrogen-bond donors (Lipinski definition) is 1. The van der Waals surface area contributed by atoms with Crippen LogP contribution in [-0.4, -0.2) is 34.6 Å². The standard InChI is InChI=1S/C23H26FN3O/c1-16(2)17-9-11-18(12-10-17)23(28)27(3)13-5-8-21-15-22(26-25-21)19-6-4-7-20(24)14-19/h4,6-7,9-12,14-16H,5,8,13H2,1-3H3,(H,25,26). The molecule has 0 saturated carbocycles. The lowest BCUT2D eigenvalue weighted by molar-refractivity contribution is 0.0793. The van der Waals surface area contributed by atoms with Crippen molar-refractivity contribution >= 4 is 5.91 Å². The minimum atomic E-state index is -0.274. The zero-order chi connectivity index (χ0) is 20.1. The van der Waals surface area contributed by atoms with Gasteiger partial charge in [-0.3, -0.25) is 9.89 Å². The predicted octanol–water partition coefficient (Wildman–Crippen LogP) is 5.04. The fourth-order valence-electron chi connectivity index (χ4n) is 3.12. The van der Waals surface area contributed by atoms with Crippen molar-refractivity contribution in [2.45, 2.75) is 32.6 Å². The molecular formula is C23H26FN3O. The molecule has 1 heterocycles. The molecule has 0 saturated heterocycles. The maximum atomic E-state index is 13.4. The molecule has 0 unspecified atom stereocenters. The summed E-state index contributed by atoms with van der Waals surface area (Å²) in [7, 11) is 1.82. The van der Waals surface area contributed by atoms with Gasteiger partial charge in [0.1, 0.15) is 5.82 Å². The summed E-state index contributed by atoms with van der Waals surface area (Å²) in [5, 5.41) is 7.26. The summed E-state index contributed by atoms with van der Waals surface area (Å²) in [6, 6.07) is 16.2. The SMILES string of the molecule is CC(C)c1ccc(C(=O)N(C)CCCc2cc(-c3cccc(F)c3)n[nH]2)cc1. The number of amides is 1. The van der Waals surface area contributed by atoms with Crippen LogP contribution in [0.1, 0.15) is 47.8 Å². The summed E-state index contributed by atoms with van der Waals surface area (Å²) in [5.74, 6) is 0.206. The highest BCUT2D eigenvalue weighted by Gasteiger charge is 2.12. The van der Waals surface area contributed by atoms with Gasteiger partial charge in [0.25, 0.3) is 5.91 Å². The normalized spacial score (nSPS) is 11.0. The quantitative estimate of drug-likeness (QED) is 0.625. The highest BCUT2D eigenvalue weighted by Crippen LogP contribution is 2.19. The van der Waals surface area contributed by atoms with Crippen molar-refractivity contribution in [1.82, 2.24) is 15.1 Å². The molecule has 1 amide bonds. The van der Waals surface area contributed by atoms with Crippen LogP contribution in [0.2, 0.25) is 0 Å². The van der Waals surface area contributed by atoms with Crippen LogP contribution >= 0.6 is 0 Å². The molecule has 0 atom stereocenters. The monoisotopic (exact) mass is 379 g/mol. The minimum Gasteiger partial charge on any atom is -0.342 e. The summed E-state index contributed by atoms with van der Waals surface area (Å²) in [4.78, 5) is 14.3. The molecule has 5 heteroatoms. The van der Waals surface area contributed by atoms with Crippen molar-refractivity contribution in [1.29, 1.82) is 0 Å². The van der Waals surface area contributed by atoms with Crippen molar-refractivity contribution in [2.24, 2.45) is 0 Å². The molecule has 1 aromatic heterocycles. The van der Waals surface area contributed by atoms with E-state index in [-0.39, 0.29) is 11.7 Å². The van der Waals surface area contributed by atoms with Crippen LogP contribution in [0.3, 0.4) is 0 Å². The number of aromatic amines is 1. The molecule has 0 fully saturated rings. The maximum absolute atomic E-state index is 13.4. The van der Waals surface area contributed by atoms with Crippen molar-refractivity contribution in [3.8, 4) is 11.3 Å². The molecule has 3 rings (SSSR count). The Bertz CT molecular complexity index is 931. The second-order valence-corrected chi connectivity index (χ2v) is 7.40. The second kappa shape index (κ2) is 8.83. The van der Waals surface area contributed by atoms with Gasteiger partial charge in [-0.2, -0.15) is 5.10 Å². The van der Waals surface area contributed by atoms with Crippen LogP contribution in [0.15, 0.2) is 54.6 Å². The van der Waals surface area contributed by atoms with Gasteiger partial charge in [0, 0.05) is 30.4 Å². The van der Waals surface area contributed by atoms with Crippen LogP contribution < -0.4 is 0 Å². The molecule has 3 aromatic rings. The predicted molar refractivity (Wildman–Crippen MR) is 110 cm³/mol. The number of nitrogens with one attached hydrogen (secondary N) is 1. The zero-order valence-electron chi connectivity index (χ0n) is 16.6. The average Bonchev–Trinajstić information content (AvgIpc) is 3.16. The first-order valence-corrected chi connectivity index (χ1v) is 9.59. The number of hydrogen-bond acceptors (Lipinski definition) is 2. The molecule has 2 aromatic carbocycles. The Hall–Kier alpha value is -2.95. The lowest BCUT2D eigenvalue weighted by Crippen LogP contribution is -2.28. The number of carbonyl (C=O) groups is 1. The van der Waals surface area contributed by atoms with Crippen LogP contribution in [-0.2, 0) is 6.42 Å². The highest BCUT2D eigenvalue weighted by molar-refractivity contribution is 5.94. The second-order valence-electron chi connectivity index (χ2n) is 7.40. The zero-order valence-corrected chi connectivity index (χ0v) is 16.6. The van der Waals surface area contributed by atoms with E-state index in [9.17, 15) is 9.18 Å². The molecule has 0 bridgehead atoms. The van der Waals surface area contributed by atoms with E-state index < -0.39 is 0 Å². The van der Waals surface area contributed by atoms with Crippen molar-refractivity contribution in [3.63, 3.8) is 0 Å². The molecule has 4 nitrogen and oxygen atoms in total. The first-order valence-electron chi connectivity index (χ1n) is 9.59. The molecule has 0 aliphatic rings. The van der Waals surface area contributed by atoms with E-state index >= 15 is 0 Å². The van der Waals surface area contributed by atoms with Crippen LogP contribution in [0.25, 0.3) is 11.3 Å². The first-order chi connectivity index (χ1) is 13.4. The summed E-state index contributed by atoms with van der Waals surface area (Å²) in [6.07, 6.45) is 1.59. The summed E-state index contributed by atoms with van der Waals surface area (Å²) >= 11 is 0. The Labute approximate surface area is 165 Å². The molecule has 1 N–H and O–H groups in total. The topological polar surface area (TPSA) is 49.0 Å². The molecular weight excluding hydrogens is 353 g/mol.